The summed E-state index contributed by atoms with van der Waals surface area (Å²) < 4.78 is 5.75. The van der Waals surface area contributed by atoms with Crippen molar-refractivity contribution < 1.29 is 14.3 Å². The van der Waals surface area contributed by atoms with Crippen LogP contribution in [0.3, 0.4) is 0 Å². The molecule has 2 aromatic rings. The molecule has 0 saturated heterocycles. The van der Waals surface area contributed by atoms with Crippen molar-refractivity contribution in [1.29, 1.82) is 0 Å². The Kier molecular flexibility index (Phi) is 10.1. The first-order valence-corrected chi connectivity index (χ1v) is 11.7. The van der Waals surface area contributed by atoms with Gasteiger partial charge in [-0.1, -0.05) is 54.2 Å². The average Bonchev–Trinajstić information content (AvgIpc) is 2.74. The van der Waals surface area contributed by atoms with E-state index in [9.17, 15) is 9.59 Å². The third-order valence-electron chi connectivity index (χ3n) is 5.12. The molecule has 0 bridgehead atoms. The second-order valence-corrected chi connectivity index (χ2v) is 8.96. The van der Waals surface area contributed by atoms with Crippen molar-refractivity contribution in [3.8, 4) is 5.75 Å². The zero-order valence-electron chi connectivity index (χ0n) is 18.8. The smallest absolute Gasteiger partial charge is 0.261 e. The molecular formula is C24H29Cl3N2O3. The second kappa shape index (κ2) is 12.3. The van der Waals surface area contributed by atoms with Crippen molar-refractivity contribution in [3.05, 3.63) is 62.1 Å². The van der Waals surface area contributed by atoms with E-state index in [4.69, 9.17) is 39.5 Å². The lowest BCUT2D eigenvalue weighted by Crippen LogP contribution is -2.49. The largest absolute Gasteiger partial charge is 0.484 e. The van der Waals surface area contributed by atoms with Crippen LogP contribution in [0, 0.1) is 13.8 Å². The third-order valence-corrected chi connectivity index (χ3v) is 6.31. The summed E-state index contributed by atoms with van der Waals surface area (Å²) in [5.41, 5.74) is 2.42. The van der Waals surface area contributed by atoms with E-state index in [0.29, 0.717) is 32.9 Å². The molecule has 1 atom stereocenters. The van der Waals surface area contributed by atoms with Crippen LogP contribution in [0.2, 0.25) is 15.1 Å². The van der Waals surface area contributed by atoms with Gasteiger partial charge in [-0.2, -0.15) is 0 Å². The number of aryl methyl sites for hydroxylation is 2. The zero-order valence-corrected chi connectivity index (χ0v) is 21.1. The summed E-state index contributed by atoms with van der Waals surface area (Å²) >= 11 is 18.5. The fourth-order valence-corrected chi connectivity index (χ4v) is 3.75. The van der Waals surface area contributed by atoms with Crippen LogP contribution in [-0.2, 0) is 16.1 Å². The number of hydrogen-bond donors (Lipinski definition) is 1. The molecule has 0 saturated carbocycles. The van der Waals surface area contributed by atoms with Crippen LogP contribution in [0.1, 0.15) is 43.4 Å². The Balaban J connectivity index is 2.20. The van der Waals surface area contributed by atoms with Gasteiger partial charge in [-0.25, -0.2) is 0 Å². The first-order chi connectivity index (χ1) is 15.1. The number of carbonyl (C=O) groups is 2. The highest BCUT2D eigenvalue weighted by atomic mass is 35.5. The number of nitrogens with zero attached hydrogens (tertiary/aromatic N) is 1. The maximum absolute atomic E-state index is 13.1. The number of hydrogen-bond acceptors (Lipinski definition) is 3. The minimum Gasteiger partial charge on any atom is -0.484 e. The molecule has 0 unspecified atom stereocenters. The molecule has 0 fully saturated rings. The Morgan fingerprint density at radius 3 is 2.34 bits per heavy atom. The predicted octanol–water partition coefficient (Wildman–Crippen LogP) is 5.98. The molecule has 2 amide bonds. The van der Waals surface area contributed by atoms with Crippen LogP contribution in [-0.4, -0.2) is 35.9 Å². The zero-order chi connectivity index (χ0) is 23.8. The molecule has 2 rings (SSSR count). The van der Waals surface area contributed by atoms with Gasteiger partial charge in [0.25, 0.3) is 5.91 Å². The van der Waals surface area contributed by atoms with E-state index in [1.807, 2.05) is 20.8 Å². The highest BCUT2D eigenvalue weighted by Crippen LogP contribution is 2.26. The van der Waals surface area contributed by atoms with E-state index >= 15 is 0 Å². The maximum Gasteiger partial charge on any atom is 0.261 e. The number of rotatable bonds is 10. The maximum atomic E-state index is 13.1. The molecular weight excluding hydrogens is 471 g/mol. The van der Waals surface area contributed by atoms with Gasteiger partial charge in [-0.05, 0) is 68.1 Å². The summed E-state index contributed by atoms with van der Waals surface area (Å²) in [5, 5.41) is 4.48. The summed E-state index contributed by atoms with van der Waals surface area (Å²) in [7, 11) is 0. The predicted molar refractivity (Wildman–Crippen MR) is 131 cm³/mol. The lowest BCUT2D eigenvalue weighted by Gasteiger charge is -2.29. The molecule has 2 aromatic carbocycles. The Morgan fingerprint density at radius 2 is 1.75 bits per heavy atom. The van der Waals surface area contributed by atoms with Crippen molar-refractivity contribution in [2.75, 3.05) is 13.2 Å². The van der Waals surface area contributed by atoms with Gasteiger partial charge in [0.05, 0.1) is 0 Å². The van der Waals surface area contributed by atoms with Gasteiger partial charge in [0.1, 0.15) is 11.8 Å². The topological polar surface area (TPSA) is 58.6 Å². The van der Waals surface area contributed by atoms with Crippen molar-refractivity contribution in [2.45, 2.75) is 53.1 Å². The van der Waals surface area contributed by atoms with Crippen LogP contribution in [0.5, 0.6) is 5.75 Å². The Morgan fingerprint density at radius 1 is 1.09 bits per heavy atom. The number of amides is 2. The Hall–Kier alpha value is -1.95. The van der Waals surface area contributed by atoms with E-state index in [1.54, 1.807) is 37.3 Å². The van der Waals surface area contributed by atoms with Crippen molar-refractivity contribution >= 4 is 46.6 Å². The molecule has 0 spiro atoms. The second-order valence-electron chi connectivity index (χ2n) is 7.74. The molecule has 0 aliphatic heterocycles. The molecule has 1 N–H and O–H groups in total. The summed E-state index contributed by atoms with van der Waals surface area (Å²) in [6.45, 7) is 7.98. The lowest BCUT2D eigenvalue weighted by molar-refractivity contribution is -0.142. The van der Waals surface area contributed by atoms with Crippen LogP contribution in [0.15, 0.2) is 30.3 Å². The van der Waals surface area contributed by atoms with Gasteiger partial charge in [0.15, 0.2) is 6.61 Å². The van der Waals surface area contributed by atoms with Crippen molar-refractivity contribution in [3.63, 3.8) is 0 Å². The molecule has 174 valence electrons. The summed E-state index contributed by atoms with van der Waals surface area (Å²) in [6, 6.07) is 7.92. The highest BCUT2D eigenvalue weighted by Gasteiger charge is 2.27. The molecule has 32 heavy (non-hydrogen) atoms. The lowest BCUT2D eigenvalue weighted by atomic mass is 10.1. The van der Waals surface area contributed by atoms with Gasteiger partial charge < -0.3 is 15.0 Å². The fraction of sp³-hybridized carbons (Fsp3) is 0.417. The monoisotopic (exact) mass is 498 g/mol. The molecule has 0 aliphatic carbocycles. The van der Waals surface area contributed by atoms with Crippen LogP contribution >= 0.6 is 34.8 Å². The third kappa shape index (κ3) is 7.29. The van der Waals surface area contributed by atoms with Gasteiger partial charge in [-0.3, -0.25) is 9.59 Å². The number of nitrogens with one attached hydrogen (secondary N) is 1. The normalized spacial score (nSPS) is 11.7. The van der Waals surface area contributed by atoms with Crippen LogP contribution in [0.4, 0.5) is 0 Å². The molecule has 0 aromatic heterocycles. The first-order valence-electron chi connectivity index (χ1n) is 10.5. The number of benzene rings is 2. The van der Waals surface area contributed by atoms with Gasteiger partial charge in [0.2, 0.25) is 5.91 Å². The van der Waals surface area contributed by atoms with E-state index in [1.165, 1.54) is 4.90 Å². The quantitative estimate of drug-likeness (QED) is 0.409. The van der Waals surface area contributed by atoms with Gasteiger partial charge in [-0.15, -0.1) is 0 Å². The molecule has 0 aliphatic rings. The summed E-state index contributed by atoms with van der Waals surface area (Å²) in [4.78, 5) is 27.3. The standard InChI is InChI=1S/C24H29Cl3N2O3/c1-5-6-9-28-24(31)17(4)29(13-18-7-8-19(25)12-21(18)26)22(30)14-32-20-10-15(2)23(27)16(3)11-20/h7-8,10-12,17H,5-6,9,13-14H2,1-4H3,(H,28,31)/t17-/m1/s1. The van der Waals surface area contributed by atoms with E-state index in [-0.39, 0.29) is 25.0 Å². The molecule has 8 heteroatoms. The summed E-state index contributed by atoms with van der Waals surface area (Å²) in [6.07, 6.45) is 1.83. The van der Waals surface area contributed by atoms with Crippen molar-refractivity contribution in [2.24, 2.45) is 0 Å². The number of carbonyl (C=O) groups excluding carboxylic acids is 2. The first kappa shape index (κ1) is 26.3. The van der Waals surface area contributed by atoms with Crippen LogP contribution in [0.25, 0.3) is 0 Å². The average molecular weight is 500 g/mol. The minimum absolute atomic E-state index is 0.152. The highest BCUT2D eigenvalue weighted by molar-refractivity contribution is 6.35. The SMILES string of the molecule is CCCCNC(=O)[C@@H](C)N(Cc1ccc(Cl)cc1Cl)C(=O)COc1cc(C)c(Cl)c(C)c1. The number of ether oxygens (including phenoxy) is 1. The number of unbranched alkanes of at least 4 members (excludes halogenated alkanes) is 1. The van der Waals surface area contributed by atoms with Gasteiger partial charge >= 0.3 is 0 Å². The van der Waals surface area contributed by atoms with E-state index < -0.39 is 6.04 Å². The summed E-state index contributed by atoms with van der Waals surface area (Å²) in [5.74, 6) is -0.0169. The minimum atomic E-state index is -0.705. The van der Waals surface area contributed by atoms with Crippen LogP contribution < -0.4 is 10.1 Å². The molecule has 5 nitrogen and oxygen atoms in total. The Bertz CT molecular complexity index is 942. The molecule has 0 heterocycles. The number of halogens is 3. The van der Waals surface area contributed by atoms with E-state index in [2.05, 4.69) is 5.32 Å². The Labute approximate surface area is 205 Å². The molecule has 0 radical (unpaired) electrons. The fourth-order valence-electron chi connectivity index (χ4n) is 3.17. The van der Waals surface area contributed by atoms with Gasteiger partial charge in [0, 0.05) is 28.2 Å². The van der Waals surface area contributed by atoms with Crippen molar-refractivity contribution in [1.82, 2.24) is 10.2 Å². The van der Waals surface area contributed by atoms with E-state index in [0.717, 1.165) is 24.0 Å².